The Hall–Kier alpha value is -2.56. The van der Waals surface area contributed by atoms with Gasteiger partial charge in [-0.2, -0.15) is 0 Å². The van der Waals surface area contributed by atoms with Crippen LogP contribution in [0.5, 0.6) is 5.75 Å². The molecule has 3 fully saturated rings. The molecule has 4 aliphatic carbocycles. The lowest BCUT2D eigenvalue weighted by Gasteiger charge is -2.55. The van der Waals surface area contributed by atoms with Crippen LogP contribution in [0.4, 0.5) is 0 Å². The molecule has 5 rings (SSSR count). The Labute approximate surface area is 285 Å². The van der Waals surface area contributed by atoms with Gasteiger partial charge in [-0.05, 0) is 142 Å². The van der Waals surface area contributed by atoms with E-state index < -0.39 is 0 Å². The molecule has 8 atom stereocenters. The Bertz CT molecular complexity index is 1220. The number of carbonyl (C=O) groups is 2. The van der Waals surface area contributed by atoms with Gasteiger partial charge in [0.15, 0.2) is 0 Å². The maximum absolute atomic E-state index is 13.1. The molecule has 1 aromatic rings. The summed E-state index contributed by atoms with van der Waals surface area (Å²) in [5, 5.41) is 0. The third kappa shape index (κ3) is 8.92. The smallest absolute Gasteiger partial charge is 0.338 e. The Balaban J connectivity index is 1.06. The highest BCUT2D eigenvalue weighted by atomic mass is 16.5. The van der Waals surface area contributed by atoms with E-state index in [1.165, 1.54) is 57.4 Å². The van der Waals surface area contributed by atoms with Gasteiger partial charge in [0.1, 0.15) is 11.9 Å². The van der Waals surface area contributed by atoms with Gasteiger partial charge in [0.2, 0.25) is 0 Å². The molecule has 1 aromatic carbocycles. The molecule has 0 bridgehead atoms. The van der Waals surface area contributed by atoms with Crippen molar-refractivity contribution < 1.29 is 23.8 Å². The van der Waals surface area contributed by atoms with Crippen molar-refractivity contribution in [2.75, 3.05) is 13.2 Å². The highest BCUT2D eigenvalue weighted by Crippen LogP contribution is 2.63. The standard InChI is InChI=1S/C42H62O5/c1-6-40(43)46-27-10-8-7-9-26-45-33-17-14-31(15-18-33)41(44)47-34-24-25-42(5)32(28-34)16-19-38-37-21-20-35(36(37)22-23-39(38)42)30(4)13-11-12-29(2)3/h6,14-18,29-30,34-39H,1,7-13,19-28H2,2-5H3. The number of carbonyl (C=O) groups excluding carboxylic acids is 2. The minimum absolute atomic E-state index is 0.0338. The van der Waals surface area contributed by atoms with Crippen molar-refractivity contribution in [3.63, 3.8) is 0 Å². The number of allylic oxidation sites excluding steroid dienone is 1. The summed E-state index contributed by atoms with van der Waals surface area (Å²) < 4.78 is 17.0. The molecule has 0 spiro atoms. The molecular weight excluding hydrogens is 584 g/mol. The van der Waals surface area contributed by atoms with Crippen molar-refractivity contribution >= 4 is 11.9 Å². The Morgan fingerprint density at radius 3 is 2.38 bits per heavy atom. The van der Waals surface area contributed by atoms with E-state index in [1.54, 1.807) is 5.57 Å². The van der Waals surface area contributed by atoms with E-state index in [0.717, 1.165) is 92.1 Å². The first-order valence-corrected chi connectivity index (χ1v) is 19.1. The first-order chi connectivity index (χ1) is 22.7. The topological polar surface area (TPSA) is 61.8 Å². The second-order valence-corrected chi connectivity index (χ2v) is 16.0. The molecule has 0 aliphatic heterocycles. The summed E-state index contributed by atoms with van der Waals surface area (Å²) in [4.78, 5) is 24.2. The molecule has 0 saturated heterocycles. The fourth-order valence-electron chi connectivity index (χ4n) is 10.1. The summed E-state index contributed by atoms with van der Waals surface area (Å²) in [6.07, 6.45) is 21.7. The Morgan fingerprint density at radius 2 is 1.64 bits per heavy atom. The van der Waals surface area contributed by atoms with Crippen LogP contribution in [0, 0.1) is 46.8 Å². The predicted molar refractivity (Wildman–Crippen MR) is 189 cm³/mol. The number of hydrogen-bond donors (Lipinski definition) is 0. The molecule has 3 saturated carbocycles. The minimum atomic E-state index is -0.367. The number of unbranched alkanes of at least 4 members (excludes halogenated alkanes) is 3. The molecule has 0 radical (unpaired) electrons. The van der Waals surface area contributed by atoms with Crippen LogP contribution < -0.4 is 4.74 Å². The third-order valence-corrected chi connectivity index (χ3v) is 12.7. The van der Waals surface area contributed by atoms with E-state index in [9.17, 15) is 9.59 Å². The van der Waals surface area contributed by atoms with Crippen LogP contribution in [0.3, 0.4) is 0 Å². The van der Waals surface area contributed by atoms with Gasteiger partial charge in [0, 0.05) is 12.5 Å². The number of esters is 2. The lowest BCUT2D eigenvalue weighted by Crippen LogP contribution is -2.48. The summed E-state index contributed by atoms with van der Waals surface area (Å²) >= 11 is 0. The van der Waals surface area contributed by atoms with Crippen molar-refractivity contribution in [3.8, 4) is 5.75 Å². The number of ether oxygens (including phenoxy) is 3. The fraction of sp³-hybridized carbons (Fsp3) is 0.714. The van der Waals surface area contributed by atoms with Crippen LogP contribution in [0.2, 0.25) is 0 Å². The monoisotopic (exact) mass is 646 g/mol. The van der Waals surface area contributed by atoms with Gasteiger partial charge in [0.05, 0.1) is 18.8 Å². The Kier molecular flexibility index (Phi) is 12.7. The van der Waals surface area contributed by atoms with Crippen LogP contribution in [-0.2, 0) is 14.3 Å². The predicted octanol–water partition coefficient (Wildman–Crippen LogP) is 10.5. The average molecular weight is 647 g/mol. The van der Waals surface area contributed by atoms with Gasteiger partial charge in [-0.25, -0.2) is 9.59 Å². The molecular formula is C42H62O5. The molecule has 0 N–H and O–H groups in total. The van der Waals surface area contributed by atoms with E-state index in [1.807, 2.05) is 24.3 Å². The van der Waals surface area contributed by atoms with Crippen LogP contribution in [0.25, 0.3) is 0 Å². The Morgan fingerprint density at radius 1 is 0.894 bits per heavy atom. The van der Waals surface area contributed by atoms with Gasteiger partial charge >= 0.3 is 11.9 Å². The van der Waals surface area contributed by atoms with Gasteiger partial charge in [0.25, 0.3) is 0 Å². The zero-order chi connectivity index (χ0) is 33.4. The number of hydrogen-bond acceptors (Lipinski definition) is 5. The van der Waals surface area contributed by atoms with Crippen molar-refractivity contribution in [2.45, 2.75) is 130 Å². The number of benzene rings is 1. The van der Waals surface area contributed by atoms with E-state index >= 15 is 0 Å². The average Bonchev–Trinajstić information content (AvgIpc) is 3.51. The second kappa shape index (κ2) is 16.7. The lowest BCUT2D eigenvalue weighted by molar-refractivity contribution is -0.137. The highest BCUT2D eigenvalue weighted by Gasteiger charge is 2.54. The van der Waals surface area contributed by atoms with Crippen molar-refractivity contribution in [1.29, 1.82) is 0 Å². The lowest BCUT2D eigenvalue weighted by atomic mass is 9.50. The van der Waals surface area contributed by atoms with E-state index in [-0.39, 0.29) is 23.5 Å². The first kappa shape index (κ1) is 35.7. The molecule has 0 heterocycles. The van der Waals surface area contributed by atoms with Gasteiger partial charge in [-0.1, -0.05) is 65.2 Å². The molecule has 47 heavy (non-hydrogen) atoms. The van der Waals surface area contributed by atoms with E-state index in [4.69, 9.17) is 14.2 Å². The first-order valence-electron chi connectivity index (χ1n) is 19.1. The van der Waals surface area contributed by atoms with Gasteiger partial charge in [-0.3, -0.25) is 0 Å². The van der Waals surface area contributed by atoms with Crippen molar-refractivity contribution in [3.05, 3.63) is 54.1 Å². The van der Waals surface area contributed by atoms with Crippen molar-refractivity contribution in [1.82, 2.24) is 0 Å². The largest absolute Gasteiger partial charge is 0.494 e. The minimum Gasteiger partial charge on any atom is -0.494 e. The van der Waals surface area contributed by atoms with E-state index in [0.29, 0.717) is 18.8 Å². The second-order valence-electron chi connectivity index (χ2n) is 16.0. The van der Waals surface area contributed by atoms with Gasteiger partial charge in [-0.15, -0.1) is 0 Å². The summed E-state index contributed by atoms with van der Waals surface area (Å²) in [6, 6.07) is 7.37. The van der Waals surface area contributed by atoms with Crippen LogP contribution >= 0.6 is 0 Å². The number of fused-ring (bicyclic) bond motifs is 5. The maximum atomic E-state index is 13.1. The molecule has 5 nitrogen and oxygen atoms in total. The third-order valence-electron chi connectivity index (χ3n) is 12.7. The summed E-state index contributed by atoms with van der Waals surface area (Å²) in [5.41, 5.74) is 2.43. The summed E-state index contributed by atoms with van der Waals surface area (Å²) in [5.74, 6) is 6.34. The normalized spacial score (nSPS) is 30.4. The zero-order valence-corrected chi connectivity index (χ0v) is 29.9. The molecule has 0 amide bonds. The highest BCUT2D eigenvalue weighted by molar-refractivity contribution is 5.89. The molecule has 5 heteroatoms. The molecule has 8 unspecified atom stereocenters. The summed E-state index contributed by atoms with van der Waals surface area (Å²) in [7, 11) is 0. The quantitative estimate of drug-likeness (QED) is 0.0774. The van der Waals surface area contributed by atoms with Crippen LogP contribution in [-0.4, -0.2) is 31.3 Å². The summed E-state index contributed by atoms with van der Waals surface area (Å²) in [6.45, 7) is 14.3. The molecule has 0 aromatic heterocycles. The van der Waals surface area contributed by atoms with Crippen LogP contribution in [0.1, 0.15) is 134 Å². The SMILES string of the molecule is C=CC(=O)OCCCCCCOc1ccc(C(=O)OC2CCC3(C)C(=CCC4C5CCC(C(C)CCCC(C)C)C5CCC43)C2)cc1. The molecule has 4 aliphatic rings. The van der Waals surface area contributed by atoms with Crippen LogP contribution in [0.15, 0.2) is 48.6 Å². The number of rotatable bonds is 16. The van der Waals surface area contributed by atoms with E-state index in [2.05, 4.69) is 40.3 Å². The zero-order valence-electron chi connectivity index (χ0n) is 29.9. The maximum Gasteiger partial charge on any atom is 0.338 e. The molecule has 260 valence electrons. The van der Waals surface area contributed by atoms with Crippen molar-refractivity contribution in [2.24, 2.45) is 46.8 Å². The fourth-order valence-corrected chi connectivity index (χ4v) is 10.1. The van der Waals surface area contributed by atoms with Gasteiger partial charge < -0.3 is 14.2 Å².